The van der Waals surface area contributed by atoms with Crippen LogP contribution in [-0.2, 0) is 4.79 Å². The first-order valence-corrected chi connectivity index (χ1v) is 5.94. The summed E-state index contributed by atoms with van der Waals surface area (Å²) in [6.07, 6.45) is 1.67. The van der Waals surface area contributed by atoms with Gasteiger partial charge < -0.3 is 16.2 Å². The number of aliphatic hydroxyl groups is 1. The lowest BCUT2D eigenvalue weighted by Crippen LogP contribution is -2.42. The predicted molar refractivity (Wildman–Crippen MR) is 65.9 cm³/mol. The zero-order valence-corrected chi connectivity index (χ0v) is 10.9. The predicted octanol–water partition coefficient (Wildman–Crippen LogP) is 0.885. The van der Waals surface area contributed by atoms with Crippen LogP contribution in [0.15, 0.2) is 0 Å². The second-order valence-electron chi connectivity index (χ2n) is 5.36. The number of hydrogen-bond donors (Lipinski definition) is 3. The van der Waals surface area contributed by atoms with Crippen molar-refractivity contribution in [1.29, 1.82) is 0 Å². The molecule has 0 aliphatic rings. The van der Waals surface area contributed by atoms with Crippen LogP contribution in [0.3, 0.4) is 0 Å². The van der Waals surface area contributed by atoms with Gasteiger partial charge in [-0.1, -0.05) is 20.8 Å². The summed E-state index contributed by atoms with van der Waals surface area (Å²) in [7, 11) is 0. The molecule has 4 nitrogen and oxygen atoms in total. The SMILES string of the molecule is CC(N)C(C)C(=O)NCC(C)(C)CCCO. The van der Waals surface area contributed by atoms with Crippen LogP contribution in [0.4, 0.5) is 0 Å². The minimum atomic E-state index is -0.159. The molecule has 2 unspecified atom stereocenters. The first-order chi connectivity index (χ1) is 7.30. The highest BCUT2D eigenvalue weighted by Crippen LogP contribution is 2.20. The van der Waals surface area contributed by atoms with Crippen molar-refractivity contribution in [2.75, 3.05) is 13.2 Å². The van der Waals surface area contributed by atoms with Crippen molar-refractivity contribution in [2.24, 2.45) is 17.1 Å². The van der Waals surface area contributed by atoms with Crippen molar-refractivity contribution in [3.63, 3.8) is 0 Å². The number of hydrogen-bond acceptors (Lipinski definition) is 3. The van der Waals surface area contributed by atoms with Crippen molar-refractivity contribution >= 4 is 5.91 Å². The van der Waals surface area contributed by atoms with Crippen molar-refractivity contribution in [3.8, 4) is 0 Å². The van der Waals surface area contributed by atoms with Gasteiger partial charge in [0.1, 0.15) is 0 Å². The van der Waals surface area contributed by atoms with Gasteiger partial charge in [0.2, 0.25) is 5.91 Å². The lowest BCUT2D eigenvalue weighted by molar-refractivity contribution is -0.125. The van der Waals surface area contributed by atoms with Crippen molar-refractivity contribution in [2.45, 2.75) is 46.6 Å². The zero-order chi connectivity index (χ0) is 12.8. The molecule has 0 saturated carbocycles. The third-order valence-corrected chi connectivity index (χ3v) is 2.96. The third kappa shape index (κ3) is 6.08. The molecular formula is C12H26N2O2. The maximum Gasteiger partial charge on any atom is 0.224 e. The number of nitrogens with two attached hydrogens (primary N) is 1. The van der Waals surface area contributed by atoms with E-state index < -0.39 is 0 Å². The number of rotatable bonds is 7. The molecule has 0 aromatic rings. The Morgan fingerprint density at radius 2 is 2.00 bits per heavy atom. The van der Waals surface area contributed by atoms with Crippen LogP contribution in [0.5, 0.6) is 0 Å². The van der Waals surface area contributed by atoms with Gasteiger partial charge >= 0.3 is 0 Å². The molecule has 4 heteroatoms. The van der Waals surface area contributed by atoms with Crippen molar-refractivity contribution in [3.05, 3.63) is 0 Å². The van der Waals surface area contributed by atoms with E-state index in [1.807, 2.05) is 13.8 Å². The first kappa shape index (κ1) is 15.4. The third-order valence-electron chi connectivity index (χ3n) is 2.96. The van der Waals surface area contributed by atoms with E-state index in [1.54, 1.807) is 0 Å². The fourth-order valence-corrected chi connectivity index (χ4v) is 1.37. The topological polar surface area (TPSA) is 75.4 Å². The monoisotopic (exact) mass is 230 g/mol. The van der Waals surface area contributed by atoms with Crippen LogP contribution in [0.1, 0.15) is 40.5 Å². The second-order valence-corrected chi connectivity index (χ2v) is 5.36. The standard InChI is InChI=1S/C12H26N2O2/c1-9(10(2)13)11(16)14-8-12(3,4)6-5-7-15/h9-10,15H,5-8,13H2,1-4H3,(H,14,16). The van der Waals surface area contributed by atoms with Crippen molar-refractivity contribution < 1.29 is 9.90 Å². The lowest BCUT2D eigenvalue weighted by atomic mass is 9.87. The first-order valence-electron chi connectivity index (χ1n) is 5.94. The minimum Gasteiger partial charge on any atom is -0.396 e. The van der Waals surface area contributed by atoms with E-state index in [2.05, 4.69) is 19.2 Å². The molecule has 0 fully saturated rings. The van der Waals surface area contributed by atoms with Gasteiger partial charge in [0, 0.05) is 25.1 Å². The smallest absolute Gasteiger partial charge is 0.224 e. The molecule has 0 saturated heterocycles. The maximum atomic E-state index is 11.7. The zero-order valence-electron chi connectivity index (χ0n) is 10.9. The summed E-state index contributed by atoms with van der Waals surface area (Å²) in [6.45, 7) is 8.66. The average molecular weight is 230 g/mol. The number of aliphatic hydroxyl groups excluding tert-OH is 1. The summed E-state index contributed by atoms with van der Waals surface area (Å²) >= 11 is 0. The summed E-state index contributed by atoms with van der Waals surface area (Å²) in [5, 5.41) is 11.7. The van der Waals surface area contributed by atoms with E-state index >= 15 is 0 Å². The van der Waals surface area contributed by atoms with Gasteiger partial charge in [-0.15, -0.1) is 0 Å². The molecule has 0 bridgehead atoms. The van der Waals surface area contributed by atoms with E-state index in [0.717, 1.165) is 12.8 Å². The molecular weight excluding hydrogens is 204 g/mol. The largest absolute Gasteiger partial charge is 0.396 e. The maximum absolute atomic E-state index is 11.7. The minimum absolute atomic E-state index is 0.00655. The number of amides is 1. The van der Waals surface area contributed by atoms with Crippen LogP contribution in [0.2, 0.25) is 0 Å². The molecule has 4 N–H and O–H groups in total. The highest BCUT2D eigenvalue weighted by atomic mass is 16.2. The summed E-state index contributed by atoms with van der Waals surface area (Å²) in [4.78, 5) is 11.7. The Labute approximate surface area is 98.6 Å². The van der Waals surface area contributed by atoms with E-state index in [1.165, 1.54) is 0 Å². The van der Waals surface area contributed by atoms with Crippen molar-refractivity contribution in [1.82, 2.24) is 5.32 Å². The number of nitrogens with one attached hydrogen (secondary N) is 1. The highest BCUT2D eigenvalue weighted by molar-refractivity contribution is 5.78. The molecule has 0 spiro atoms. The Morgan fingerprint density at radius 3 is 2.44 bits per heavy atom. The summed E-state index contributed by atoms with van der Waals surface area (Å²) < 4.78 is 0. The van der Waals surface area contributed by atoms with Crippen LogP contribution in [0.25, 0.3) is 0 Å². The quantitative estimate of drug-likeness (QED) is 0.608. The Hall–Kier alpha value is -0.610. The summed E-state index contributed by atoms with van der Waals surface area (Å²) in [5.41, 5.74) is 5.69. The molecule has 0 aliphatic carbocycles. The molecule has 0 aromatic carbocycles. The van der Waals surface area contributed by atoms with Gasteiger partial charge in [-0.2, -0.15) is 0 Å². The highest BCUT2D eigenvalue weighted by Gasteiger charge is 2.21. The Balaban J connectivity index is 3.99. The Kier molecular flexibility index (Phi) is 6.60. The summed E-state index contributed by atoms with van der Waals surface area (Å²) in [5.74, 6) is -0.152. The second kappa shape index (κ2) is 6.86. The van der Waals surface area contributed by atoms with E-state index in [-0.39, 0.29) is 29.9 Å². The van der Waals surface area contributed by atoms with Gasteiger partial charge in [-0.25, -0.2) is 0 Å². The molecule has 0 rings (SSSR count). The molecule has 1 amide bonds. The molecule has 0 heterocycles. The molecule has 96 valence electrons. The number of carbonyl (C=O) groups excluding carboxylic acids is 1. The van der Waals surface area contributed by atoms with Crippen LogP contribution in [-0.4, -0.2) is 30.2 Å². The van der Waals surface area contributed by atoms with E-state index in [0.29, 0.717) is 6.54 Å². The lowest BCUT2D eigenvalue weighted by Gasteiger charge is -2.26. The molecule has 2 atom stereocenters. The van der Waals surface area contributed by atoms with Gasteiger partial charge in [0.25, 0.3) is 0 Å². The van der Waals surface area contributed by atoms with Gasteiger partial charge in [0.05, 0.1) is 0 Å². The van der Waals surface area contributed by atoms with Gasteiger partial charge in [-0.3, -0.25) is 4.79 Å². The van der Waals surface area contributed by atoms with Gasteiger partial charge in [-0.05, 0) is 25.2 Å². The fraction of sp³-hybridized carbons (Fsp3) is 0.917. The molecule has 0 radical (unpaired) electrons. The Morgan fingerprint density at radius 1 is 1.44 bits per heavy atom. The van der Waals surface area contributed by atoms with Crippen LogP contribution >= 0.6 is 0 Å². The molecule has 0 aliphatic heterocycles. The average Bonchev–Trinajstić information content (AvgIpc) is 2.22. The van der Waals surface area contributed by atoms with Gasteiger partial charge in [0.15, 0.2) is 0 Å². The van der Waals surface area contributed by atoms with E-state index in [9.17, 15) is 4.79 Å². The fourth-order valence-electron chi connectivity index (χ4n) is 1.37. The number of carbonyl (C=O) groups is 1. The van der Waals surface area contributed by atoms with Crippen LogP contribution < -0.4 is 11.1 Å². The molecule has 0 aromatic heterocycles. The van der Waals surface area contributed by atoms with E-state index in [4.69, 9.17) is 10.8 Å². The Bertz CT molecular complexity index is 215. The van der Waals surface area contributed by atoms with Crippen LogP contribution in [0, 0.1) is 11.3 Å². The summed E-state index contributed by atoms with van der Waals surface area (Å²) in [6, 6.07) is -0.124. The normalized spacial score (nSPS) is 15.6. The molecule has 16 heavy (non-hydrogen) atoms.